The lowest BCUT2D eigenvalue weighted by molar-refractivity contribution is 0.0931. The predicted molar refractivity (Wildman–Crippen MR) is 94.5 cm³/mol. The molecule has 1 amide bonds. The van der Waals surface area contributed by atoms with E-state index in [1.807, 2.05) is 13.0 Å². The predicted octanol–water partition coefficient (Wildman–Crippen LogP) is 3.53. The molecule has 1 unspecified atom stereocenters. The second-order valence-corrected chi connectivity index (χ2v) is 6.83. The summed E-state index contributed by atoms with van der Waals surface area (Å²) in [6, 6.07) is 5.16. The minimum absolute atomic E-state index is 0.102. The minimum Gasteiger partial charge on any atom is -0.346 e. The molecule has 3 rings (SSSR count). The molecule has 0 fully saturated rings. The fourth-order valence-electron chi connectivity index (χ4n) is 2.09. The maximum absolute atomic E-state index is 12.3. The molecule has 1 atom stereocenters. The third kappa shape index (κ3) is 3.92. The van der Waals surface area contributed by atoms with Crippen molar-refractivity contribution in [2.75, 3.05) is 0 Å². The summed E-state index contributed by atoms with van der Waals surface area (Å²) in [6.07, 6.45) is 3.06. The maximum Gasteiger partial charge on any atom is 0.271 e. The van der Waals surface area contributed by atoms with Crippen molar-refractivity contribution < 1.29 is 4.79 Å². The first-order valence-corrected chi connectivity index (χ1v) is 8.70. The summed E-state index contributed by atoms with van der Waals surface area (Å²) in [6.45, 7) is 2.43. The van der Waals surface area contributed by atoms with Crippen molar-refractivity contribution in [1.29, 1.82) is 0 Å². The molecule has 2 aromatic heterocycles. The van der Waals surface area contributed by atoms with Gasteiger partial charge in [0.25, 0.3) is 5.91 Å². The summed E-state index contributed by atoms with van der Waals surface area (Å²) in [7, 11) is 0. The normalized spacial score (nSPS) is 12.1. The standard InChI is InChI=1S/C15H13Cl2N5OS/c1-9(5-22-8-18-7-19-22)20-14(23)13-6-24-15(21-13)10-2-3-11(16)12(17)4-10/h2-4,6-9H,5H2,1H3,(H,20,23). The number of carbonyl (C=O) groups excluding carboxylic acids is 1. The average Bonchev–Trinajstić information content (AvgIpc) is 3.21. The molecule has 0 aliphatic carbocycles. The summed E-state index contributed by atoms with van der Waals surface area (Å²) in [5, 5.41) is 10.3. The van der Waals surface area contributed by atoms with Gasteiger partial charge in [0, 0.05) is 17.0 Å². The number of thiazole rings is 1. The van der Waals surface area contributed by atoms with Crippen molar-refractivity contribution in [3.8, 4) is 10.6 Å². The van der Waals surface area contributed by atoms with Gasteiger partial charge < -0.3 is 5.32 Å². The number of nitrogens with one attached hydrogen (secondary N) is 1. The highest BCUT2D eigenvalue weighted by molar-refractivity contribution is 7.13. The SMILES string of the molecule is CC(Cn1cncn1)NC(=O)c1csc(-c2ccc(Cl)c(Cl)c2)n1. The maximum atomic E-state index is 12.3. The van der Waals surface area contributed by atoms with E-state index in [2.05, 4.69) is 20.4 Å². The minimum atomic E-state index is -0.231. The van der Waals surface area contributed by atoms with Gasteiger partial charge >= 0.3 is 0 Å². The number of hydrogen-bond donors (Lipinski definition) is 1. The molecule has 0 aliphatic rings. The molecule has 0 saturated carbocycles. The van der Waals surface area contributed by atoms with Gasteiger partial charge in [0.2, 0.25) is 0 Å². The van der Waals surface area contributed by atoms with E-state index in [-0.39, 0.29) is 11.9 Å². The molecule has 1 aromatic carbocycles. The number of hydrogen-bond acceptors (Lipinski definition) is 5. The molecule has 24 heavy (non-hydrogen) atoms. The summed E-state index contributed by atoms with van der Waals surface area (Å²) in [5.74, 6) is -0.231. The van der Waals surface area contributed by atoms with E-state index >= 15 is 0 Å². The molecule has 124 valence electrons. The highest BCUT2D eigenvalue weighted by atomic mass is 35.5. The van der Waals surface area contributed by atoms with E-state index in [9.17, 15) is 4.79 Å². The van der Waals surface area contributed by atoms with Crippen LogP contribution >= 0.6 is 34.5 Å². The van der Waals surface area contributed by atoms with Crippen LogP contribution in [0, 0.1) is 0 Å². The van der Waals surface area contributed by atoms with Crippen LogP contribution in [-0.2, 0) is 6.54 Å². The molecule has 1 N–H and O–H groups in total. The van der Waals surface area contributed by atoms with Crippen LogP contribution in [0.2, 0.25) is 10.0 Å². The molecule has 2 heterocycles. The summed E-state index contributed by atoms with van der Waals surface area (Å²) in [5.41, 5.74) is 1.19. The zero-order valence-electron chi connectivity index (χ0n) is 12.6. The molecule has 0 aliphatic heterocycles. The van der Waals surface area contributed by atoms with E-state index in [0.717, 1.165) is 5.56 Å². The Morgan fingerprint density at radius 3 is 2.92 bits per heavy atom. The van der Waals surface area contributed by atoms with Gasteiger partial charge in [0.05, 0.1) is 16.6 Å². The van der Waals surface area contributed by atoms with Gasteiger partial charge in [-0.3, -0.25) is 9.48 Å². The number of halogens is 2. The van der Waals surface area contributed by atoms with Crippen LogP contribution in [0.15, 0.2) is 36.2 Å². The van der Waals surface area contributed by atoms with Crippen LogP contribution in [-0.4, -0.2) is 31.7 Å². The molecule has 0 radical (unpaired) electrons. The molecule has 0 bridgehead atoms. The third-order valence-electron chi connectivity index (χ3n) is 3.21. The zero-order valence-corrected chi connectivity index (χ0v) is 14.9. The molecule has 0 saturated heterocycles. The van der Waals surface area contributed by atoms with E-state index < -0.39 is 0 Å². The molecular weight excluding hydrogens is 369 g/mol. The summed E-state index contributed by atoms with van der Waals surface area (Å²) in [4.78, 5) is 20.5. The Hall–Kier alpha value is -1.96. The van der Waals surface area contributed by atoms with Gasteiger partial charge in [0.1, 0.15) is 23.4 Å². The van der Waals surface area contributed by atoms with Crippen molar-refractivity contribution >= 4 is 40.4 Å². The smallest absolute Gasteiger partial charge is 0.271 e. The first kappa shape index (κ1) is 16.9. The van der Waals surface area contributed by atoms with Crippen molar-refractivity contribution in [3.63, 3.8) is 0 Å². The summed E-state index contributed by atoms with van der Waals surface area (Å²) >= 11 is 13.3. The number of aromatic nitrogens is 4. The van der Waals surface area contributed by atoms with E-state index in [0.29, 0.717) is 27.3 Å². The summed E-state index contributed by atoms with van der Waals surface area (Å²) < 4.78 is 1.66. The number of benzene rings is 1. The fourth-order valence-corrected chi connectivity index (χ4v) is 3.19. The van der Waals surface area contributed by atoms with Gasteiger partial charge in [0.15, 0.2) is 0 Å². The Bertz CT molecular complexity index is 849. The number of rotatable bonds is 5. The van der Waals surface area contributed by atoms with Crippen molar-refractivity contribution in [2.45, 2.75) is 19.5 Å². The Balaban J connectivity index is 1.68. The largest absolute Gasteiger partial charge is 0.346 e. The lowest BCUT2D eigenvalue weighted by Gasteiger charge is -2.12. The first-order valence-electron chi connectivity index (χ1n) is 7.07. The van der Waals surface area contributed by atoms with Crippen LogP contribution in [0.5, 0.6) is 0 Å². The second kappa shape index (κ2) is 7.29. The van der Waals surface area contributed by atoms with Crippen molar-refractivity contribution in [3.05, 3.63) is 52.0 Å². The molecular formula is C15H13Cl2N5OS. The topological polar surface area (TPSA) is 72.7 Å². The first-order chi connectivity index (χ1) is 11.5. The Morgan fingerprint density at radius 1 is 1.38 bits per heavy atom. The highest BCUT2D eigenvalue weighted by Crippen LogP contribution is 2.30. The van der Waals surface area contributed by atoms with Crippen LogP contribution in [0.1, 0.15) is 17.4 Å². The molecule has 3 aromatic rings. The number of amides is 1. The second-order valence-electron chi connectivity index (χ2n) is 5.16. The quantitative estimate of drug-likeness (QED) is 0.733. The Morgan fingerprint density at radius 2 is 2.21 bits per heavy atom. The third-order valence-corrected chi connectivity index (χ3v) is 4.84. The van der Waals surface area contributed by atoms with Crippen LogP contribution in [0.25, 0.3) is 10.6 Å². The Labute approximate surface area is 152 Å². The van der Waals surface area contributed by atoms with Crippen molar-refractivity contribution in [1.82, 2.24) is 25.1 Å². The van der Waals surface area contributed by atoms with Crippen LogP contribution in [0.3, 0.4) is 0 Å². The highest BCUT2D eigenvalue weighted by Gasteiger charge is 2.15. The number of carbonyl (C=O) groups is 1. The average molecular weight is 382 g/mol. The molecule has 0 spiro atoms. The Kier molecular flexibility index (Phi) is 5.13. The molecule has 6 nitrogen and oxygen atoms in total. The van der Waals surface area contributed by atoms with E-state index in [1.165, 1.54) is 17.7 Å². The number of nitrogens with zero attached hydrogens (tertiary/aromatic N) is 4. The van der Waals surface area contributed by atoms with Gasteiger partial charge in [-0.1, -0.05) is 29.3 Å². The zero-order chi connectivity index (χ0) is 17.1. The van der Waals surface area contributed by atoms with E-state index in [1.54, 1.807) is 28.5 Å². The van der Waals surface area contributed by atoms with Crippen LogP contribution < -0.4 is 5.32 Å². The van der Waals surface area contributed by atoms with Gasteiger partial charge in [-0.15, -0.1) is 11.3 Å². The fraction of sp³-hybridized carbons (Fsp3) is 0.200. The lowest BCUT2D eigenvalue weighted by Crippen LogP contribution is -2.36. The van der Waals surface area contributed by atoms with Gasteiger partial charge in [-0.25, -0.2) is 9.97 Å². The van der Waals surface area contributed by atoms with Gasteiger partial charge in [-0.2, -0.15) is 5.10 Å². The van der Waals surface area contributed by atoms with Crippen LogP contribution in [0.4, 0.5) is 0 Å². The molecule has 9 heteroatoms. The van der Waals surface area contributed by atoms with E-state index in [4.69, 9.17) is 23.2 Å². The monoisotopic (exact) mass is 381 g/mol. The lowest BCUT2D eigenvalue weighted by atomic mass is 10.2. The van der Waals surface area contributed by atoms with Crippen molar-refractivity contribution in [2.24, 2.45) is 0 Å². The van der Waals surface area contributed by atoms with Gasteiger partial charge in [-0.05, 0) is 19.1 Å².